The van der Waals surface area contributed by atoms with Crippen LogP contribution in [0.3, 0.4) is 0 Å². The first-order valence-corrected chi connectivity index (χ1v) is 8.85. The number of hydrogen-bond donors (Lipinski definition) is 2. The van der Waals surface area contributed by atoms with Gasteiger partial charge in [-0.05, 0) is 19.8 Å². The van der Waals surface area contributed by atoms with Gasteiger partial charge in [-0.1, -0.05) is 11.3 Å². The number of nitrogens with zero attached hydrogens (tertiary/aromatic N) is 3. The number of carbonyl (C=O) groups is 2. The van der Waals surface area contributed by atoms with E-state index in [1.807, 2.05) is 0 Å². The van der Waals surface area contributed by atoms with E-state index in [0.717, 1.165) is 17.8 Å². The van der Waals surface area contributed by atoms with Crippen molar-refractivity contribution in [2.75, 3.05) is 17.2 Å². The quantitative estimate of drug-likeness (QED) is 0.827. The van der Waals surface area contributed by atoms with Gasteiger partial charge in [0, 0.05) is 11.3 Å². The van der Waals surface area contributed by atoms with Crippen molar-refractivity contribution in [1.82, 2.24) is 15.2 Å². The third kappa shape index (κ3) is 4.45. The molecule has 1 fully saturated rings. The van der Waals surface area contributed by atoms with Gasteiger partial charge in [-0.2, -0.15) is 0 Å². The number of ether oxygens (including phenoxy) is 1. The summed E-state index contributed by atoms with van der Waals surface area (Å²) in [6.45, 7) is 2.01. The number of rotatable bonds is 6. The third-order valence-electron chi connectivity index (χ3n) is 2.99. The molecule has 1 saturated carbocycles. The average molecular weight is 353 g/mol. The number of aromatic nitrogens is 3. The monoisotopic (exact) mass is 353 g/mol. The molecule has 0 aromatic carbocycles. The van der Waals surface area contributed by atoms with E-state index in [-0.39, 0.29) is 18.9 Å². The molecule has 2 aromatic rings. The van der Waals surface area contributed by atoms with E-state index in [0.29, 0.717) is 21.9 Å². The molecule has 23 heavy (non-hydrogen) atoms. The molecule has 2 heterocycles. The second-order valence-corrected chi connectivity index (χ2v) is 6.80. The SMILES string of the molecule is CCOC(=O)Nc1nc(CC(=O)Nc2nnc(C3CC3)s2)cs1. The van der Waals surface area contributed by atoms with Crippen molar-refractivity contribution in [3.63, 3.8) is 0 Å². The first-order valence-electron chi connectivity index (χ1n) is 7.15. The van der Waals surface area contributed by atoms with Crippen molar-refractivity contribution in [3.8, 4) is 0 Å². The van der Waals surface area contributed by atoms with Crippen LogP contribution < -0.4 is 10.6 Å². The summed E-state index contributed by atoms with van der Waals surface area (Å²) >= 11 is 2.66. The molecular weight excluding hydrogens is 338 g/mol. The standard InChI is InChI=1S/C13H15N5O3S2/c1-2-21-13(20)16-11-14-8(6-22-11)5-9(19)15-12-18-17-10(23-12)7-3-4-7/h6-7H,2-5H2,1H3,(H,14,16,20)(H,15,18,19). The van der Waals surface area contributed by atoms with Crippen LogP contribution in [0.15, 0.2) is 5.38 Å². The molecule has 0 radical (unpaired) electrons. The number of amides is 2. The Kier molecular flexibility index (Phi) is 4.82. The lowest BCUT2D eigenvalue weighted by atomic mass is 10.3. The van der Waals surface area contributed by atoms with Gasteiger partial charge in [-0.15, -0.1) is 21.5 Å². The minimum atomic E-state index is -0.556. The fourth-order valence-electron chi connectivity index (χ4n) is 1.81. The van der Waals surface area contributed by atoms with Crippen LogP contribution in [0.2, 0.25) is 0 Å². The number of thiazole rings is 1. The number of nitrogens with one attached hydrogen (secondary N) is 2. The predicted molar refractivity (Wildman–Crippen MR) is 87.0 cm³/mol. The van der Waals surface area contributed by atoms with E-state index in [4.69, 9.17) is 4.74 Å². The lowest BCUT2D eigenvalue weighted by Crippen LogP contribution is -2.15. The highest BCUT2D eigenvalue weighted by molar-refractivity contribution is 7.15. The smallest absolute Gasteiger partial charge is 0.413 e. The molecule has 0 aliphatic heterocycles. The van der Waals surface area contributed by atoms with Crippen LogP contribution >= 0.6 is 22.7 Å². The molecule has 122 valence electrons. The summed E-state index contributed by atoms with van der Waals surface area (Å²) in [4.78, 5) is 27.4. The van der Waals surface area contributed by atoms with Crippen molar-refractivity contribution in [3.05, 3.63) is 16.1 Å². The molecule has 2 aromatic heterocycles. The first-order chi connectivity index (χ1) is 11.1. The Hall–Kier alpha value is -2.07. The second kappa shape index (κ2) is 7.01. The maximum atomic E-state index is 12.0. The first kappa shape index (κ1) is 15.8. The molecule has 0 saturated heterocycles. The molecule has 2 N–H and O–H groups in total. The summed E-state index contributed by atoms with van der Waals surface area (Å²) in [5, 5.41) is 16.9. The van der Waals surface area contributed by atoms with Gasteiger partial charge in [-0.3, -0.25) is 10.1 Å². The second-order valence-electron chi connectivity index (χ2n) is 4.93. The van der Waals surface area contributed by atoms with E-state index >= 15 is 0 Å². The van der Waals surface area contributed by atoms with E-state index in [1.54, 1.807) is 12.3 Å². The highest BCUT2D eigenvalue weighted by Crippen LogP contribution is 2.42. The van der Waals surface area contributed by atoms with Crippen LogP contribution in [0.5, 0.6) is 0 Å². The largest absolute Gasteiger partial charge is 0.450 e. The Morgan fingerprint density at radius 2 is 2.13 bits per heavy atom. The van der Waals surface area contributed by atoms with Gasteiger partial charge in [0.15, 0.2) is 5.13 Å². The van der Waals surface area contributed by atoms with Crippen LogP contribution in [-0.2, 0) is 16.0 Å². The highest BCUT2D eigenvalue weighted by atomic mass is 32.1. The lowest BCUT2D eigenvalue weighted by Gasteiger charge is -2.00. The van der Waals surface area contributed by atoms with Crippen LogP contribution in [0, 0.1) is 0 Å². The molecule has 0 unspecified atom stereocenters. The van der Waals surface area contributed by atoms with Gasteiger partial charge < -0.3 is 10.1 Å². The van der Waals surface area contributed by atoms with E-state index in [2.05, 4.69) is 25.8 Å². The molecule has 8 nitrogen and oxygen atoms in total. The van der Waals surface area contributed by atoms with Crippen LogP contribution in [0.4, 0.5) is 15.1 Å². The zero-order valence-electron chi connectivity index (χ0n) is 12.4. The van der Waals surface area contributed by atoms with Gasteiger partial charge in [0.1, 0.15) is 5.01 Å². The Morgan fingerprint density at radius 1 is 1.30 bits per heavy atom. The third-order valence-corrected chi connectivity index (χ3v) is 4.80. The Labute approximate surface area is 140 Å². The Balaban J connectivity index is 1.51. The molecule has 0 spiro atoms. The van der Waals surface area contributed by atoms with Gasteiger partial charge in [0.2, 0.25) is 11.0 Å². The maximum Gasteiger partial charge on any atom is 0.413 e. The molecule has 10 heteroatoms. The van der Waals surface area contributed by atoms with E-state index in [9.17, 15) is 9.59 Å². The summed E-state index contributed by atoms with van der Waals surface area (Å²) < 4.78 is 4.77. The van der Waals surface area contributed by atoms with Gasteiger partial charge in [-0.25, -0.2) is 9.78 Å². The topological polar surface area (TPSA) is 106 Å². The highest BCUT2D eigenvalue weighted by Gasteiger charge is 2.27. The Morgan fingerprint density at radius 3 is 2.87 bits per heavy atom. The fourth-order valence-corrected chi connectivity index (χ4v) is 3.43. The summed E-state index contributed by atoms with van der Waals surface area (Å²) in [7, 11) is 0. The van der Waals surface area contributed by atoms with Crippen molar-refractivity contribution < 1.29 is 14.3 Å². The number of anilines is 2. The summed E-state index contributed by atoms with van der Waals surface area (Å²) in [5.74, 6) is 0.310. The molecule has 2 amide bonds. The number of hydrogen-bond acceptors (Lipinski definition) is 8. The van der Waals surface area contributed by atoms with Crippen LogP contribution in [0.1, 0.15) is 36.4 Å². The maximum absolute atomic E-state index is 12.0. The predicted octanol–water partition coefficient (Wildman–Crippen LogP) is 2.62. The summed E-state index contributed by atoms with van der Waals surface area (Å²) in [5.41, 5.74) is 0.575. The molecule has 0 bridgehead atoms. The molecular formula is C13H15N5O3S2. The molecule has 1 aliphatic carbocycles. The molecule has 0 atom stereocenters. The van der Waals surface area contributed by atoms with Gasteiger partial charge >= 0.3 is 6.09 Å². The normalized spacial score (nSPS) is 13.6. The van der Waals surface area contributed by atoms with Gasteiger partial charge in [0.25, 0.3) is 0 Å². The molecule has 1 aliphatic rings. The molecule has 3 rings (SSSR count). The minimum Gasteiger partial charge on any atom is -0.450 e. The zero-order chi connectivity index (χ0) is 16.2. The van der Waals surface area contributed by atoms with Crippen LogP contribution in [-0.4, -0.2) is 33.8 Å². The van der Waals surface area contributed by atoms with Crippen molar-refractivity contribution >= 4 is 44.9 Å². The van der Waals surface area contributed by atoms with E-state index < -0.39 is 6.09 Å². The van der Waals surface area contributed by atoms with Crippen LogP contribution in [0.25, 0.3) is 0 Å². The number of carbonyl (C=O) groups excluding carboxylic acids is 2. The average Bonchev–Trinajstić information content (AvgIpc) is 3.10. The zero-order valence-corrected chi connectivity index (χ0v) is 14.0. The fraction of sp³-hybridized carbons (Fsp3) is 0.462. The van der Waals surface area contributed by atoms with Crippen molar-refractivity contribution in [2.24, 2.45) is 0 Å². The Bertz CT molecular complexity index is 710. The lowest BCUT2D eigenvalue weighted by molar-refractivity contribution is -0.115. The van der Waals surface area contributed by atoms with Crippen molar-refractivity contribution in [1.29, 1.82) is 0 Å². The van der Waals surface area contributed by atoms with Crippen molar-refractivity contribution in [2.45, 2.75) is 32.1 Å². The van der Waals surface area contributed by atoms with Gasteiger partial charge in [0.05, 0.1) is 18.7 Å². The minimum absolute atomic E-state index is 0.110. The summed E-state index contributed by atoms with van der Waals surface area (Å²) in [6.07, 6.45) is 1.86. The van der Waals surface area contributed by atoms with E-state index in [1.165, 1.54) is 22.7 Å². The summed E-state index contributed by atoms with van der Waals surface area (Å²) in [6, 6.07) is 0.